The van der Waals surface area contributed by atoms with E-state index in [0.717, 1.165) is 12.2 Å². The van der Waals surface area contributed by atoms with Crippen molar-refractivity contribution in [2.45, 2.75) is 84.1 Å². The molecule has 118 valence electrons. The Labute approximate surface area is 117 Å². The van der Waals surface area contributed by atoms with E-state index in [2.05, 4.69) is 13.8 Å². The monoisotopic (exact) mass is 268 g/mol. The zero-order valence-corrected chi connectivity index (χ0v) is 7.64. The summed E-state index contributed by atoms with van der Waals surface area (Å²) >= 11 is 0. The Kier molecular flexibility index (Phi) is 582. The van der Waals surface area contributed by atoms with Crippen LogP contribution in [0.4, 0.5) is 0 Å². The fourth-order valence-corrected chi connectivity index (χ4v) is 0.500. The molecular formula is C14H40N2O2. The molecule has 0 saturated carbocycles. The molecule has 0 saturated heterocycles. The smallest absolute Gasteiger partial charge is 0.222 e. The quantitative estimate of drug-likeness (QED) is 0.362. The first-order valence-corrected chi connectivity index (χ1v) is 3.82. The summed E-state index contributed by atoms with van der Waals surface area (Å²) in [5.74, 6) is 0. The van der Waals surface area contributed by atoms with E-state index in [0.29, 0.717) is 0 Å². The van der Waals surface area contributed by atoms with Crippen LogP contribution in [0, 0.1) is 10.8 Å². The van der Waals surface area contributed by atoms with Gasteiger partial charge in [0.05, 0.1) is 0 Å². The lowest BCUT2D eigenvalue weighted by Gasteiger charge is -1.86. The van der Waals surface area contributed by atoms with Gasteiger partial charge in [-0.15, -0.1) is 0 Å². The van der Waals surface area contributed by atoms with Gasteiger partial charge in [-0.05, 0) is 0 Å². The van der Waals surface area contributed by atoms with Crippen molar-refractivity contribution in [3.8, 4) is 0 Å². The van der Waals surface area contributed by atoms with Crippen LogP contribution >= 0.6 is 0 Å². The van der Waals surface area contributed by atoms with Gasteiger partial charge in [0.1, 0.15) is 0 Å². The van der Waals surface area contributed by atoms with Crippen molar-refractivity contribution in [2.24, 2.45) is 0 Å². The molecule has 0 unspecified atom stereocenters. The molecule has 4 nitrogen and oxygen atoms in total. The molecule has 4 heteroatoms. The van der Waals surface area contributed by atoms with Crippen LogP contribution in [0.3, 0.4) is 0 Å². The summed E-state index contributed by atoms with van der Waals surface area (Å²) in [6.07, 6.45) is 7.04. The van der Waals surface area contributed by atoms with Crippen LogP contribution in [0.15, 0.2) is 0 Å². The Morgan fingerprint density at radius 3 is 0.833 bits per heavy atom. The Morgan fingerprint density at radius 1 is 0.667 bits per heavy atom. The molecule has 0 aromatic heterocycles. The summed E-state index contributed by atoms with van der Waals surface area (Å²) in [7, 11) is 0. The molecule has 0 aromatic carbocycles. The van der Waals surface area contributed by atoms with Gasteiger partial charge in [0, 0.05) is 0 Å². The maximum Gasteiger partial charge on any atom is 0.231 e. The van der Waals surface area contributed by atoms with Gasteiger partial charge in [0.2, 0.25) is 12.2 Å². The van der Waals surface area contributed by atoms with Gasteiger partial charge in [-0.1, -0.05) is 84.1 Å². The number of rotatable bonds is 3. The largest absolute Gasteiger partial charge is 0.231 e. The highest BCUT2D eigenvalue weighted by Crippen LogP contribution is 1.95. The molecule has 0 aromatic rings. The Balaban J connectivity index is -0.00000000879. The van der Waals surface area contributed by atoms with Gasteiger partial charge in [0.15, 0.2) is 0 Å². The van der Waals surface area contributed by atoms with Crippen molar-refractivity contribution < 1.29 is 9.59 Å². The Morgan fingerprint density at radius 2 is 0.778 bits per heavy atom. The van der Waals surface area contributed by atoms with Gasteiger partial charge >= 0.3 is 0 Å². The fourth-order valence-electron chi connectivity index (χ4n) is 0.500. The van der Waals surface area contributed by atoms with E-state index >= 15 is 0 Å². The lowest BCUT2D eigenvalue weighted by Crippen LogP contribution is -1.66. The van der Waals surface area contributed by atoms with E-state index in [1.807, 2.05) is 0 Å². The molecule has 0 radical (unpaired) electrons. The molecule has 0 amide bonds. The van der Waals surface area contributed by atoms with E-state index in [1.54, 1.807) is 0 Å². The molecular weight excluding hydrogens is 228 g/mol. The summed E-state index contributed by atoms with van der Waals surface area (Å²) in [5, 5.41) is 10.8. The molecule has 0 aliphatic heterocycles. The Bertz CT molecular complexity index is 110. The molecule has 0 atom stereocenters. The van der Waals surface area contributed by atoms with Crippen molar-refractivity contribution in [2.75, 3.05) is 0 Å². The highest BCUT2D eigenvalue weighted by Gasteiger charge is 1.75. The number of unbranched alkanes of at least 4 members (excludes halogenated alkanes) is 3. The van der Waals surface area contributed by atoms with E-state index in [4.69, 9.17) is 20.4 Å². The highest BCUT2D eigenvalue weighted by atomic mass is 16.1. The first-order chi connectivity index (χ1) is 5.74. The number of carbonyl (C=O) groups excluding carboxylic acids is 2. The minimum Gasteiger partial charge on any atom is -0.222 e. The van der Waals surface area contributed by atoms with Gasteiger partial charge in [-0.25, -0.2) is 20.4 Å². The van der Waals surface area contributed by atoms with Crippen LogP contribution in [0.1, 0.15) is 84.1 Å². The summed E-state index contributed by atoms with van der Waals surface area (Å²) in [6.45, 7) is 4.46. The van der Waals surface area contributed by atoms with Crippen molar-refractivity contribution in [1.29, 1.82) is 10.8 Å². The topological polar surface area (TPSA) is 81.8 Å². The van der Waals surface area contributed by atoms with Crippen LogP contribution in [0.5, 0.6) is 0 Å². The maximum atomic E-state index is 8.35. The standard InChI is InChI=1S/C6H14.2CHNO.6CH4/c1-3-5-6-4-2;2*2-1-3;;;;;;/h3-6H2,1-2H3;2*2H;6*1H4. The lowest BCUT2D eigenvalue weighted by atomic mass is 10.2. The summed E-state index contributed by atoms with van der Waals surface area (Å²) in [6, 6.07) is 0. The normalized spacial score (nSPS) is 3.89. The average Bonchev–Trinajstić information content (AvgIpc) is 2.04. The number of isocyanates is 2. The number of nitrogens with one attached hydrogen (secondary N) is 2. The average molecular weight is 268 g/mol. The highest BCUT2D eigenvalue weighted by molar-refractivity contribution is 5.26. The second-order valence-electron chi connectivity index (χ2n) is 1.91. The van der Waals surface area contributed by atoms with Crippen LogP contribution in [-0.2, 0) is 9.59 Å². The zero-order valence-electron chi connectivity index (χ0n) is 7.64. The number of hydrogen-bond donors (Lipinski definition) is 2. The van der Waals surface area contributed by atoms with Crippen molar-refractivity contribution in [1.82, 2.24) is 0 Å². The van der Waals surface area contributed by atoms with E-state index < -0.39 is 0 Å². The van der Waals surface area contributed by atoms with E-state index in [-0.39, 0.29) is 44.6 Å². The third-order valence-electron chi connectivity index (χ3n) is 0.957. The molecule has 0 heterocycles. The third kappa shape index (κ3) is 902. The second kappa shape index (κ2) is 152. The van der Waals surface area contributed by atoms with E-state index in [9.17, 15) is 0 Å². The summed E-state index contributed by atoms with van der Waals surface area (Å²) in [4.78, 5) is 16.7. The first kappa shape index (κ1) is 69.1. The molecule has 0 aliphatic rings. The molecule has 2 N–H and O–H groups in total. The molecule has 0 spiro atoms. The summed E-state index contributed by atoms with van der Waals surface area (Å²) in [5.41, 5.74) is 0. The number of hydrogen-bond acceptors (Lipinski definition) is 4. The van der Waals surface area contributed by atoms with Crippen molar-refractivity contribution in [3.05, 3.63) is 0 Å². The van der Waals surface area contributed by atoms with Gasteiger partial charge in [-0.2, -0.15) is 0 Å². The molecule has 0 fully saturated rings. The van der Waals surface area contributed by atoms with Crippen LogP contribution in [0.25, 0.3) is 0 Å². The van der Waals surface area contributed by atoms with Crippen LogP contribution < -0.4 is 0 Å². The SMILES string of the molecule is C.C.C.C.C.C.CCCCCC.N=C=O.N=C=O. The predicted molar refractivity (Wildman–Crippen MR) is 87.0 cm³/mol. The van der Waals surface area contributed by atoms with Gasteiger partial charge in [0.25, 0.3) is 0 Å². The minimum absolute atomic E-state index is 0. The Hall–Kier alpha value is -1.24. The molecule has 0 aliphatic carbocycles. The van der Waals surface area contributed by atoms with Crippen molar-refractivity contribution in [3.63, 3.8) is 0 Å². The molecule has 18 heavy (non-hydrogen) atoms. The fraction of sp³-hybridized carbons (Fsp3) is 0.857. The molecule has 0 rings (SSSR count). The zero-order chi connectivity index (χ0) is 10.2. The third-order valence-corrected chi connectivity index (χ3v) is 0.957. The maximum absolute atomic E-state index is 8.35. The van der Waals surface area contributed by atoms with Crippen LogP contribution in [0.2, 0.25) is 0 Å². The molecule has 0 bridgehead atoms. The lowest BCUT2D eigenvalue weighted by molar-refractivity contribution is 0.562. The second-order valence-corrected chi connectivity index (χ2v) is 1.91. The van der Waals surface area contributed by atoms with Crippen LogP contribution in [-0.4, -0.2) is 12.2 Å². The van der Waals surface area contributed by atoms with E-state index in [1.165, 1.54) is 25.7 Å². The van der Waals surface area contributed by atoms with Gasteiger partial charge < -0.3 is 0 Å². The summed E-state index contributed by atoms with van der Waals surface area (Å²) < 4.78 is 0. The predicted octanol–water partition coefficient (Wildman–Crippen LogP) is 6.21. The first-order valence-electron chi connectivity index (χ1n) is 3.82. The van der Waals surface area contributed by atoms with Crippen molar-refractivity contribution >= 4 is 12.2 Å². The minimum atomic E-state index is 0. The van der Waals surface area contributed by atoms with Gasteiger partial charge in [-0.3, -0.25) is 0 Å².